The van der Waals surface area contributed by atoms with Gasteiger partial charge < -0.3 is 14.9 Å². The van der Waals surface area contributed by atoms with Crippen molar-refractivity contribution >= 4 is 11.9 Å². The van der Waals surface area contributed by atoms with E-state index in [2.05, 4.69) is 13.8 Å². The predicted molar refractivity (Wildman–Crippen MR) is 121 cm³/mol. The van der Waals surface area contributed by atoms with Crippen LogP contribution in [-0.2, 0) is 0 Å². The van der Waals surface area contributed by atoms with E-state index in [1.54, 1.807) is 0 Å². The Balaban J connectivity index is 2.70. The average Bonchev–Trinajstić information content (AvgIpc) is 2.72. The largest absolute Gasteiger partial charge is 0.490 e. The summed E-state index contributed by atoms with van der Waals surface area (Å²) in [6, 6.07) is 4.04. The average molecular weight is 421 g/mol. The van der Waals surface area contributed by atoms with Crippen LogP contribution in [0.25, 0.3) is 0 Å². The zero-order valence-corrected chi connectivity index (χ0v) is 18.8. The Morgan fingerprint density at radius 1 is 0.700 bits per heavy atom. The van der Waals surface area contributed by atoms with Gasteiger partial charge in [-0.2, -0.15) is 0 Å². The molecule has 0 unspecified atom stereocenters. The quantitative estimate of drug-likeness (QED) is 0.243. The lowest BCUT2D eigenvalue weighted by Gasteiger charge is -2.20. The number of carboxylic acid groups (broad SMARTS) is 2. The Morgan fingerprint density at radius 2 is 1.10 bits per heavy atom. The Bertz CT molecular complexity index is 578. The van der Waals surface area contributed by atoms with Crippen molar-refractivity contribution in [3.63, 3.8) is 0 Å². The molecule has 5 nitrogen and oxygen atoms in total. The standard InChI is InChI=1S/C25H40O5/c1-3-5-7-9-11-13-15-22(16-14-12-10-8-6-4-2)30-23-18-20(24(26)27)17-21(19-23)25(28)29/h17-19,22H,3-16H2,1-2H3,(H,26,27)(H,28,29). The van der Waals surface area contributed by atoms with Crippen molar-refractivity contribution in [3.8, 4) is 5.75 Å². The molecule has 0 spiro atoms. The van der Waals surface area contributed by atoms with Crippen molar-refractivity contribution in [1.29, 1.82) is 0 Å². The van der Waals surface area contributed by atoms with Crippen LogP contribution in [0.15, 0.2) is 18.2 Å². The van der Waals surface area contributed by atoms with Crippen molar-refractivity contribution in [2.24, 2.45) is 0 Å². The van der Waals surface area contributed by atoms with E-state index in [0.717, 1.165) is 25.7 Å². The number of unbranched alkanes of at least 4 members (excludes halogenated alkanes) is 10. The molecule has 0 saturated carbocycles. The van der Waals surface area contributed by atoms with E-state index in [9.17, 15) is 19.8 Å². The molecule has 0 atom stereocenters. The summed E-state index contributed by atoms with van der Waals surface area (Å²) < 4.78 is 6.12. The van der Waals surface area contributed by atoms with Gasteiger partial charge >= 0.3 is 11.9 Å². The molecule has 0 amide bonds. The zero-order chi connectivity index (χ0) is 22.2. The molecule has 1 rings (SSSR count). The number of benzene rings is 1. The van der Waals surface area contributed by atoms with Crippen LogP contribution < -0.4 is 4.74 Å². The maximum Gasteiger partial charge on any atom is 0.335 e. The smallest absolute Gasteiger partial charge is 0.335 e. The first-order chi connectivity index (χ1) is 14.5. The van der Waals surface area contributed by atoms with Gasteiger partial charge in [0.25, 0.3) is 0 Å². The number of rotatable bonds is 18. The molecule has 30 heavy (non-hydrogen) atoms. The molecular formula is C25H40O5. The van der Waals surface area contributed by atoms with E-state index >= 15 is 0 Å². The van der Waals surface area contributed by atoms with Crippen LogP contribution in [0.2, 0.25) is 0 Å². The molecule has 2 N–H and O–H groups in total. The monoisotopic (exact) mass is 420 g/mol. The van der Waals surface area contributed by atoms with Crippen LogP contribution in [0.1, 0.15) is 124 Å². The van der Waals surface area contributed by atoms with E-state index < -0.39 is 11.9 Å². The fraction of sp³-hybridized carbons (Fsp3) is 0.680. The van der Waals surface area contributed by atoms with Crippen molar-refractivity contribution in [2.75, 3.05) is 0 Å². The maximum atomic E-state index is 11.4. The molecule has 0 fully saturated rings. The molecule has 0 aliphatic heterocycles. The van der Waals surface area contributed by atoms with Gasteiger partial charge in [0.2, 0.25) is 0 Å². The second kappa shape index (κ2) is 15.8. The summed E-state index contributed by atoms with van der Waals surface area (Å²) in [5, 5.41) is 18.6. The molecule has 1 aromatic rings. The summed E-state index contributed by atoms with van der Waals surface area (Å²) in [6.45, 7) is 4.42. The maximum absolute atomic E-state index is 11.4. The van der Waals surface area contributed by atoms with Gasteiger partial charge in [-0.3, -0.25) is 0 Å². The molecule has 0 heterocycles. The first-order valence-corrected chi connectivity index (χ1v) is 11.8. The molecule has 0 bridgehead atoms. The van der Waals surface area contributed by atoms with Crippen LogP contribution >= 0.6 is 0 Å². The van der Waals surface area contributed by atoms with Gasteiger partial charge in [0.15, 0.2) is 0 Å². The highest BCUT2D eigenvalue weighted by molar-refractivity contribution is 5.94. The van der Waals surface area contributed by atoms with Crippen molar-refractivity contribution in [3.05, 3.63) is 29.3 Å². The summed E-state index contributed by atoms with van der Waals surface area (Å²) in [5.41, 5.74) is -0.106. The molecule has 0 saturated heterocycles. The lowest BCUT2D eigenvalue weighted by Crippen LogP contribution is -2.17. The molecule has 5 heteroatoms. The lowest BCUT2D eigenvalue weighted by molar-refractivity contribution is 0.0695. The summed E-state index contributed by atoms with van der Waals surface area (Å²) in [6.07, 6.45) is 16.3. The third kappa shape index (κ3) is 11.2. The SMILES string of the molecule is CCCCCCCCC(CCCCCCCC)Oc1cc(C(=O)O)cc(C(=O)O)c1. The molecule has 0 aliphatic rings. The highest BCUT2D eigenvalue weighted by Gasteiger charge is 2.16. The first-order valence-electron chi connectivity index (χ1n) is 11.8. The highest BCUT2D eigenvalue weighted by atomic mass is 16.5. The van der Waals surface area contributed by atoms with Crippen molar-refractivity contribution in [1.82, 2.24) is 0 Å². The van der Waals surface area contributed by atoms with Gasteiger partial charge in [0.1, 0.15) is 5.75 Å². The van der Waals surface area contributed by atoms with E-state index in [1.807, 2.05) is 0 Å². The minimum atomic E-state index is -1.15. The number of ether oxygens (including phenoxy) is 1. The minimum Gasteiger partial charge on any atom is -0.490 e. The Kier molecular flexibility index (Phi) is 13.7. The van der Waals surface area contributed by atoms with Gasteiger partial charge in [0.05, 0.1) is 17.2 Å². The zero-order valence-electron chi connectivity index (χ0n) is 18.8. The van der Waals surface area contributed by atoms with Crippen LogP contribution in [0, 0.1) is 0 Å². The second-order valence-electron chi connectivity index (χ2n) is 8.21. The number of carboxylic acids is 2. The Hall–Kier alpha value is -2.04. The number of hydrogen-bond acceptors (Lipinski definition) is 3. The fourth-order valence-corrected chi connectivity index (χ4v) is 3.67. The van der Waals surface area contributed by atoms with Crippen molar-refractivity contribution < 1.29 is 24.5 Å². The summed E-state index contributed by atoms with van der Waals surface area (Å²) >= 11 is 0. The number of carbonyl (C=O) groups is 2. The van der Waals surface area contributed by atoms with E-state index in [1.165, 1.54) is 82.4 Å². The fourth-order valence-electron chi connectivity index (χ4n) is 3.67. The molecule has 0 radical (unpaired) electrons. The summed E-state index contributed by atoms with van der Waals surface area (Å²) in [7, 11) is 0. The number of hydrogen-bond donors (Lipinski definition) is 2. The highest BCUT2D eigenvalue weighted by Crippen LogP contribution is 2.23. The molecular weight excluding hydrogens is 380 g/mol. The van der Waals surface area contributed by atoms with Gasteiger partial charge in [-0.1, -0.05) is 78.1 Å². The normalized spacial score (nSPS) is 11.0. The van der Waals surface area contributed by atoms with Gasteiger partial charge in [-0.15, -0.1) is 0 Å². The van der Waals surface area contributed by atoms with E-state index in [0.29, 0.717) is 5.75 Å². The van der Waals surface area contributed by atoms with Crippen LogP contribution in [0.5, 0.6) is 5.75 Å². The molecule has 0 aromatic heterocycles. The molecule has 170 valence electrons. The number of aromatic carboxylic acids is 2. The third-order valence-corrected chi connectivity index (χ3v) is 5.46. The molecule has 1 aromatic carbocycles. The van der Waals surface area contributed by atoms with Gasteiger partial charge in [-0.25, -0.2) is 9.59 Å². The van der Waals surface area contributed by atoms with Gasteiger partial charge in [0, 0.05) is 0 Å². The predicted octanol–water partition coefficient (Wildman–Crippen LogP) is 7.33. The van der Waals surface area contributed by atoms with Crippen LogP contribution in [-0.4, -0.2) is 28.3 Å². The summed E-state index contributed by atoms with van der Waals surface area (Å²) in [5.74, 6) is -1.95. The molecule has 0 aliphatic carbocycles. The second-order valence-corrected chi connectivity index (χ2v) is 8.21. The Labute approximate surface area is 181 Å². The topological polar surface area (TPSA) is 83.8 Å². The van der Waals surface area contributed by atoms with Crippen molar-refractivity contribution in [2.45, 2.75) is 110 Å². The Morgan fingerprint density at radius 3 is 1.50 bits per heavy atom. The minimum absolute atomic E-state index is 0.00644. The van der Waals surface area contributed by atoms with E-state index in [4.69, 9.17) is 4.74 Å². The first kappa shape index (κ1) is 26.0. The van der Waals surface area contributed by atoms with Crippen LogP contribution in [0.3, 0.4) is 0 Å². The van der Waals surface area contributed by atoms with E-state index in [-0.39, 0.29) is 17.2 Å². The third-order valence-electron chi connectivity index (χ3n) is 5.46. The summed E-state index contributed by atoms with van der Waals surface area (Å²) in [4.78, 5) is 22.7. The van der Waals surface area contributed by atoms with Crippen LogP contribution in [0.4, 0.5) is 0 Å². The van der Waals surface area contributed by atoms with Gasteiger partial charge in [-0.05, 0) is 43.9 Å². The lowest BCUT2D eigenvalue weighted by atomic mass is 10.0.